The van der Waals surface area contributed by atoms with Crippen LogP contribution in [0.15, 0.2) is 24.3 Å². The number of carbonyl (C=O) groups excluding carboxylic acids is 1. The third kappa shape index (κ3) is 3.33. The van der Waals surface area contributed by atoms with Crippen molar-refractivity contribution < 1.29 is 14.7 Å². The van der Waals surface area contributed by atoms with Gasteiger partial charge in [-0.2, -0.15) is 11.8 Å². The first kappa shape index (κ1) is 14.9. The van der Waals surface area contributed by atoms with Crippen molar-refractivity contribution in [3.63, 3.8) is 0 Å². The van der Waals surface area contributed by atoms with Crippen molar-refractivity contribution in [1.82, 2.24) is 5.32 Å². The second kappa shape index (κ2) is 6.31. The van der Waals surface area contributed by atoms with Gasteiger partial charge >= 0.3 is 5.97 Å². The highest BCUT2D eigenvalue weighted by atomic mass is 32.2. The molecule has 1 aromatic rings. The first-order chi connectivity index (χ1) is 9.53. The van der Waals surface area contributed by atoms with E-state index >= 15 is 0 Å². The van der Waals surface area contributed by atoms with Gasteiger partial charge in [-0.15, -0.1) is 0 Å². The third-order valence-corrected chi connectivity index (χ3v) is 4.88. The predicted molar refractivity (Wildman–Crippen MR) is 80.0 cm³/mol. The maximum atomic E-state index is 12.0. The summed E-state index contributed by atoms with van der Waals surface area (Å²) in [6, 6.07) is 7.93. The molecule has 4 nitrogen and oxygen atoms in total. The van der Waals surface area contributed by atoms with Crippen LogP contribution in [-0.4, -0.2) is 34.0 Å². The third-order valence-electron chi connectivity index (χ3n) is 3.69. The highest BCUT2D eigenvalue weighted by molar-refractivity contribution is 7.99. The quantitative estimate of drug-likeness (QED) is 0.871. The van der Waals surface area contributed by atoms with Crippen LogP contribution in [-0.2, 0) is 16.0 Å². The molecule has 1 amide bonds. The summed E-state index contributed by atoms with van der Waals surface area (Å²) in [5.74, 6) is 0.132. The monoisotopic (exact) mass is 293 g/mol. The molecule has 1 saturated heterocycles. The highest BCUT2D eigenvalue weighted by Gasteiger charge is 2.43. The van der Waals surface area contributed by atoms with Crippen LogP contribution in [0.3, 0.4) is 0 Å². The molecule has 2 N–H and O–H groups in total. The molecule has 0 spiro atoms. The number of rotatable bonds is 5. The van der Waals surface area contributed by atoms with Crippen LogP contribution < -0.4 is 5.32 Å². The van der Waals surface area contributed by atoms with E-state index in [0.29, 0.717) is 25.0 Å². The minimum absolute atomic E-state index is 0.182. The number of carboxylic acids is 1. The Morgan fingerprint density at radius 2 is 2.15 bits per heavy atom. The molecule has 1 heterocycles. The zero-order valence-electron chi connectivity index (χ0n) is 11.5. The molecule has 2 rings (SSSR count). The van der Waals surface area contributed by atoms with Crippen LogP contribution in [0, 0.1) is 6.92 Å². The number of benzene rings is 1. The van der Waals surface area contributed by atoms with Crippen molar-refractivity contribution in [2.45, 2.75) is 31.7 Å². The first-order valence-electron chi connectivity index (χ1n) is 6.70. The van der Waals surface area contributed by atoms with E-state index in [4.69, 9.17) is 0 Å². The van der Waals surface area contributed by atoms with Gasteiger partial charge in [0.05, 0.1) is 0 Å². The lowest BCUT2D eigenvalue weighted by Gasteiger charge is -2.24. The molecule has 0 saturated carbocycles. The van der Waals surface area contributed by atoms with E-state index in [1.807, 2.05) is 31.2 Å². The molecule has 1 aliphatic rings. The molecule has 0 unspecified atom stereocenters. The summed E-state index contributed by atoms with van der Waals surface area (Å²) in [6.45, 7) is 2.01. The summed E-state index contributed by atoms with van der Waals surface area (Å²) < 4.78 is 0. The lowest BCUT2D eigenvalue weighted by Crippen LogP contribution is -2.54. The average Bonchev–Trinajstić information content (AvgIpc) is 2.88. The fourth-order valence-corrected chi connectivity index (χ4v) is 3.68. The first-order valence-corrected chi connectivity index (χ1v) is 7.86. The molecule has 0 radical (unpaired) electrons. The maximum absolute atomic E-state index is 12.0. The minimum Gasteiger partial charge on any atom is -0.479 e. The Labute approximate surface area is 123 Å². The average molecular weight is 293 g/mol. The Balaban J connectivity index is 1.92. The van der Waals surface area contributed by atoms with Crippen molar-refractivity contribution in [1.29, 1.82) is 0 Å². The number of nitrogens with one attached hydrogen (secondary N) is 1. The van der Waals surface area contributed by atoms with Gasteiger partial charge in [0.15, 0.2) is 0 Å². The Kier molecular flexibility index (Phi) is 4.70. The van der Waals surface area contributed by atoms with E-state index in [2.05, 4.69) is 5.32 Å². The number of carbonyl (C=O) groups is 2. The number of thioether (sulfide) groups is 1. The maximum Gasteiger partial charge on any atom is 0.330 e. The lowest BCUT2D eigenvalue weighted by molar-refractivity contribution is -0.146. The topological polar surface area (TPSA) is 66.4 Å². The predicted octanol–water partition coefficient (Wildman–Crippen LogP) is 2.00. The van der Waals surface area contributed by atoms with Gasteiger partial charge < -0.3 is 10.4 Å². The van der Waals surface area contributed by atoms with Crippen molar-refractivity contribution >= 4 is 23.6 Å². The lowest BCUT2D eigenvalue weighted by atomic mass is 9.98. The van der Waals surface area contributed by atoms with Crippen LogP contribution in [0.2, 0.25) is 0 Å². The van der Waals surface area contributed by atoms with Crippen molar-refractivity contribution in [2.75, 3.05) is 11.5 Å². The van der Waals surface area contributed by atoms with Gasteiger partial charge in [0.1, 0.15) is 5.54 Å². The van der Waals surface area contributed by atoms with Gasteiger partial charge in [-0.05, 0) is 36.6 Å². The van der Waals surface area contributed by atoms with Crippen LogP contribution >= 0.6 is 11.8 Å². The molecule has 1 fully saturated rings. The van der Waals surface area contributed by atoms with Crippen molar-refractivity contribution in [3.8, 4) is 0 Å². The van der Waals surface area contributed by atoms with E-state index < -0.39 is 11.5 Å². The molecular formula is C15H19NO3S. The summed E-state index contributed by atoms with van der Waals surface area (Å²) in [7, 11) is 0. The number of hydrogen-bond acceptors (Lipinski definition) is 3. The smallest absolute Gasteiger partial charge is 0.330 e. The number of hydrogen-bond donors (Lipinski definition) is 2. The molecule has 108 valence electrons. The normalized spacial score (nSPS) is 21.6. The summed E-state index contributed by atoms with van der Waals surface area (Å²) in [6.07, 6.45) is 1.47. The van der Waals surface area contributed by atoms with E-state index in [1.165, 1.54) is 0 Å². The zero-order chi connectivity index (χ0) is 14.6. The van der Waals surface area contributed by atoms with Crippen LogP contribution in [0.4, 0.5) is 0 Å². The molecule has 0 aromatic heterocycles. The van der Waals surface area contributed by atoms with E-state index in [0.717, 1.165) is 16.9 Å². The molecule has 1 aromatic carbocycles. The molecule has 1 aliphatic heterocycles. The van der Waals surface area contributed by atoms with Crippen LogP contribution in [0.5, 0.6) is 0 Å². The van der Waals surface area contributed by atoms with Gasteiger partial charge in [0, 0.05) is 12.2 Å². The summed E-state index contributed by atoms with van der Waals surface area (Å²) in [5, 5.41) is 12.0. The highest BCUT2D eigenvalue weighted by Crippen LogP contribution is 2.28. The van der Waals surface area contributed by atoms with Crippen molar-refractivity contribution in [3.05, 3.63) is 35.4 Å². The number of carboxylic acid groups (broad SMARTS) is 1. The number of amides is 1. The van der Waals surface area contributed by atoms with E-state index in [1.54, 1.807) is 11.8 Å². The van der Waals surface area contributed by atoms with Gasteiger partial charge in [0.2, 0.25) is 5.91 Å². The van der Waals surface area contributed by atoms with E-state index in [-0.39, 0.29) is 5.91 Å². The van der Waals surface area contributed by atoms with Gasteiger partial charge in [-0.25, -0.2) is 4.79 Å². The van der Waals surface area contributed by atoms with E-state index in [9.17, 15) is 14.7 Å². The second-order valence-electron chi connectivity index (χ2n) is 5.16. The van der Waals surface area contributed by atoms with Crippen molar-refractivity contribution in [2.24, 2.45) is 0 Å². The second-order valence-corrected chi connectivity index (χ2v) is 6.27. The molecular weight excluding hydrogens is 274 g/mol. The summed E-state index contributed by atoms with van der Waals surface area (Å²) in [5.41, 5.74) is 1.23. The standard InChI is InChI=1S/C15H19NO3S/c1-11-4-2-3-5-12(11)6-7-13(17)16-15(14(18)19)8-9-20-10-15/h2-5H,6-10H2,1H3,(H,16,17)(H,18,19)/t15-/m0/s1. The summed E-state index contributed by atoms with van der Waals surface area (Å²) in [4.78, 5) is 23.4. The Morgan fingerprint density at radius 3 is 2.75 bits per heavy atom. The molecule has 1 atom stereocenters. The fourth-order valence-electron chi connectivity index (χ4n) is 2.35. The SMILES string of the molecule is Cc1ccccc1CCC(=O)N[C@@]1(C(=O)O)CCSC1. The molecule has 0 bridgehead atoms. The Hall–Kier alpha value is -1.49. The zero-order valence-corrected chi connectivity index (χ0v) is 12.3. The number of aryl methyl sites for hydroxylation is 2. The molecule has 20 heavy (non-hydrogen) atoms. The van der Waals surface area contributed by atoms with Gasteiger partial charge in [0.25, 0.3) is 0 Å². The minimum atomic E-state index is -1.06. The van der Waals surface area contributed by atoms with Gasteiger partial charge in [-0.1, -0.05) is 24.3 Å². The van der Waals surface area contributed by atoms with Crippen LogP contribution in [0.1, 0.15) is 24.0 Å². The van der Waals surface area contributed by atoms with Gasteiger partial charge in [-0.3, -0.25) is 4.79 Å². The fraction of sp³-hybridized carbons (Fsp3) is 0.467. The summed E-state index contributed by atoms with van der Waals surface area (Å²) >= 11 is 1.57. The Bertz CT molecular complexity index is 510. The largest absolute Gasteiger partial charge is 0.479 e. The van der Waals surface area contributed by atoms with Crippen LogP contribution in [0.25, 0.3) is 0 Å². The molecule has 0 aliphatic carbocycles. The molecule has 5 heteroatoms. The number of aliphatic carboxylic acids is 1. The Morgan fingerprint density at radius 1 is 1.40 bits per heavy atom.